The van der Waals surface area contributed by atoms with E-state index < -0.39 is 0 Å². The van der Waals surface area contributed by atoms with Crippen molar-refractivity contribution in [1.29, 1.82) is 0 Å². The third kappa shape index (κ3) is 4.49. The van der Waals surface area contributed by atoms with Crippen LogP contribution >= 0.6 is 0 Å². The van der Waals surface area contributed by atoms with E-state index in [1.54, 1.807) is 7.11 Å². The highest BCUT2D eigenvalue weighted by Gasteiger charge is 2.12. The van der Waals surface area contributed by atoms with Crippen molar-refractivity contribution in [2.24, 2.45) is 0 Å². The van der Waals surface area contributed by atoms with E-state index in [0.717, 1.165) is 12.0 Å². The summed E-state index contributed by atoms with van der Waals surface area (Å²) in [5.41, 5.74) is 2.44. The lowest BCUT2D eigenvalue weighted by Crippen LogP contribution is -2.29. The van der Waals surface area contributed by atoms with Gasteiger partial charge in [0.2, 0.25) is 5.91 Å². The first-order valence-electron chi connectivity index (χ1n) is 6.47. The average Bonchev–Trinajstić information content (AvgIpc) is 2.38. The van der Waals surface area contributed by atoms with Crippen LogP contribution in [0, 0.1) is 0 Å². The molecule has 0 spiro atoms. The van der Waals surface area contributed by atoms with Crippen molar-refractivity contribution < 1.29 is 9.53 Å². The highest BCUT2D eigenvalue weighted by molar-refractivity contribution is 5.76. The number of hydrogen-bond donors (Lipinski definition) is 1. The molecular formula is C15H23NO2. The van der Waals surface area contributed by atoms with Crippen LogP contribution in [0.3, 0.4) is 0 Å². The summed E-state index contributed by atoms with van der Waals surface area (Å²) in [7, 11) is 1.62. The van der Waals surface area contributed by atoms with Crippen LogP contribution in [-0.2, 0) is 16.0 Å². The van der Waals surface area contributed by atoms with E-state index in [-0.39, 0.29) is 18.1 Å². The van der Waals surface area contributed by atoms with Gasteiger partial charge in [-0.15, -0.1) is 0 Å². The number of aryl methyl sites for hydroxylation is 1. The summed E-state index contributed by atoms with van der Waals surface area (Å²) in [4.78, 5) is 11.7. The van der Waals surface area contributed by atoms with E-state index in [9.17, 15) is 4.79 Å². The molecule has 0 radical (unpaired) electrons. The fraction of sp³-hybridized carbons (Fsp3) is 0.533. The number of rotatable bonds is 6. The average molecular weight is 249 g/mol. The molecule has 1 N–H and O–H groups in total. The first-order valence-corrected chi connectivity index (χ1v) is 6.47. The Bertz CT molecular complexity index is 373. The lowest BCUT2D eigenvalue weighted by Gasteiger charge is -2.16. The zero-order chi connectivity index (χ0) is 13.5. The number of nitrogens with one attached hydrogen (secondary N) is 1. The van der Waals surface area contributed by atoms with Crippen molar-refractivity contribution in [3.8, 4) is 0 Å². The third-order valence-corrected chi connectivity index (χ3v) is 3.14. The minimum absolute atomic E-state index is 0.0245. The molecule has 2 atom stereocenters. The van der Waals surface area contributed by atoms with Gasteiger partial charge in [0.05, 0.1) is 18.6 Å². The molecule has 0 heterocycles. The molecule has 1 aromatic carbocycles. The predicted molar refractivity (Wildman–Crippen MR) is 73.5 cm³/mol. The Balaban J connectivity index is 2.53. The van der Waals surface area contributed by atoms with Crippen LogP contribution in [0.4, 0.5) is 0 Å². The molecule has 0 unspecified atom stereocenters. The molecule has 18 heavy (non-hydrogen) atoms. The number of amides is 1. The van der Waals surface area contributed by atoms with Crippen LogP contribution in [0.25, 0.3) is 0 Å². The lowest BCUT2D eigenvalue weighted by molar-refractivity contribution is -0.123. The monoisotopic (exact) mass is 249 g/mol. The number of carbonyl (C=O) groups is 1. The highest BCUT2D eigenvalue weighted by atomic mass is 16.5. The van der Waals surface area contributed by atoms with Crippen molar-refractivity contribution in [1.82, 2.24) is 5.32 Å². The SMILES string of the molecule is CCc1ccc([C@@H](C)NC(=O)C[C@H](C)OC)cc1. The topological polar surface area (TPSA) is 38.3 Å². The molecular weight excluding hydrogens is 226 g/mol. The number of hydrogen-bond acceptors (Lipinski definition) is 2. The zero-order valence-electron chi connectivity index (χ0n) is 11.7. The quantitative estimate of drug-likeness (QED) is 0.842. The first-order chi connectivity index (χ1) is 8.56. The van der Waals surface area contributed by atoms with Gasteiger partial charge >= 0.3 is 0 Å². The molecule has 0 bridgehead atoms. The molecule has 100 valence electrons. The number of carbonyl (C=O) groups excluding carboxylic acids is 1. The molecule has 1 rings (SSSR count). The maximum absolute atomic E-state index is 11.7. The van der Waals surface area contributed by atoms with Gasteiger partial charge in [-0.1, -0.05) is 31.2 Å². The van der Waals surface area contributed by atoms with E-state index in [1.807, 2.05) is 13.8 Å². The van der Waals surface area contributed by atoms with Crippen LogP contribution in [0.2, 0.25) is 0 Å². The van der Waals surface area contributed by atoms with Crippen molar-refractivity contribution in [2.45, 2.75) is 45.8 Å². The largest absolute Gasteiger partial charge is 0.381 e. The van der Waals surface area contributed by atoms with Crippen LogP contribution in [0.1, 0.15) is 44.4 Å². The Morgan fingerprint density at radius 1 is 1.28 bits per heavy atom. The van der Waals surface area contributed by atoms with Crippen molar-refractivity contribution in [3.05, 3.63) is 35.4 Å². The molecule has 0 aliphatic carbocycles. The van der Waals surface area contributed by atoms with Gasteiger partial charge in [-0.3, -0.25) is 4.79 Å². The summed E-state index contributed by atoms with van der Waals surface area (Å²) in [6.07, 6.45) is 1.39. The maximum Gasteiger partial charge on any atom is 0.223 e. The molecule has 0 saturated carbocycles. The van der Waals surface area contributed by atoms with E-state index >= 15 is 0 Å². The van der Waals surface area contributed by atoms with Gasteiger partial charge in [-0.2, -0.15) is 0 Å². The fourth-order valence-corrected chi connectivity index (χ4v) is 1.77. The second-order valence-corrected chi connectivity index (χ2v) is 4.63. The van der Waals surface area contributed by atoms with Gasteiger partial charge in [-0.05, 0) is 31.4 Å². The maximum atomic E-state index is 11.7. The summed E-state index contributed by atoms with van der Waals surface area (Å²) < 4.78 is 5.08. The zero-order valence-corrected chi connectivity index (χ0v) is 11.7. The van der Waals surface area contributed by atoms with E-state index in [4.69, 9.17) is 4.74 Å². The van der Waals surface area contributed by atoms with E-state index in [0.29, 0.717) is 6.42 Å². The third-order valence-electron chi connectivity index (χ3n) is 3.14. The van der Waals surface area contributed by atoms with Crippen molar-refractivity contribution >= 4 is 5.91 Å². The van der Waals surface area contributed by atoms with Gasteiger partial charge in [0.1, 0.15) is 0 Å². The van der Waals surface area contributed by atoms with Crippen molar-refractivity contribution in [2.75, 3.05) is 7.11 Å². The van der Waals surface area contributed by atoms with Gasteiger partial charge in [-0.25, -0.2) is 0 Å². The van der Waals surface area contributed by atoms with E-state index in [1.165, 1.54) is 5.56 Å². The second kappa shape index (κ2) is 7.17. The fourth-order valence-electron chi connectivity index (χ4n) is 1.77. The first kappa shape index (κ1) is 14.7. The van der Waals surface area contributed by atoms with Gasteiger partial charge in [0.25, 0.3) is 0 Å². The Morgan fingerprint density at radius 2 is 1.89 bits per heavy atom. The molecule has 0 aliphatic rings. The van der Waals surface area contributed by atoms with Crippen LogP contribution in [0.5, 0.6) is 0 Å². The molecule has 3 nitrogen and oxygen atoms in total. The van der Waals surface area contributed by atoms with Gasteiger partial charge in [0, 0.05) is 7.11 Å². The Kier molecular flexibility index (Phi) is 5.86. The molecule has 0 aliphatic heterocycles. The van der Waals surface area contributed by atoms with Crippen LogP contribution in [0.15, 0.2) is 24.3 Å². The predicted octanol–water partition coefficient (Wildman–Crippen LogP) is 2.85. The molecule has 1 aromatic rings. The second-order valence-electron chi connectivity index (χ2n) is 4.63. The summed E-state index contributed by atoms with van der Waals surface area (Å²) in [5, 5.41) is 2.98. The summed E-state index contributed by atoms with van der Waals surface area (Å²) in [6, 6.07) is 8.39. The standard InChI is InChI=1S/C15H23NO2/c1-5-13-6-8-14(9-7-13)12(3)16-15(17)10-11(2)18-4/h6-9,11-12H,5,10H2,1-4H3,(H,16,17)/t11-,12+/m0/s1. The smallest absolute Gasteiger partial charge is 0.223 e. The number of benzene rings is 1. The van der Waals surface area contributed by atoms with E-state index in [2.05, 4.69) is 36.5 Å². The minimum atomic E-state index is -0.0420. The molecule has 0 aromatic heterocycles. The number of ether oxygens (including phenoxy) is 1. The molecule has 0 fully saturated rings. The highest BCUT2D eigenvalue weighted by Crippen LogP contribution is 2.14. The van der Waals surface area contributed by atoms with Gasteiger partial charge < -0.3 is 10.1 Å². The van der Waals surface area contributed by atoms with Crippen molar-refractivity contribution in [3.63, 3.8) is 0 Å². The molecule has 1 amide bonds. The summed E-state index contributed by atoms with van der Waals surface area (Å²) in [5.74, 6) is 0.0245. The Labute approximate surface area is 110 Å². The summed E-state index contributed by atoms with van der Waals surface area (Å²) in [6.45, 7) is 6.02. The van der Waals surface area contributed by atoms with Crippen LogP contribution in [-0.4, -0.2) is 19.1 Å². The summed E-state index contributed by atoms with van der Waals surface area (Å²) >= 11 is 0. The lowest BCUT2D eigenvalue weighted by atomic mass is 10.0. The number of methoxy groups -OCH3 is 1. The molecule has 3 heteroatoms. The molecule has 0 saturated heterocycles. The Hall–Kier alpha value is -1.35. The normalized spacial score (nSPS) is 14.0. The minimum Gasteiger partial charge on any atom is -0.381 e. The van der Waals surface area contributed by atoms with Gasteiger partial charge in [0.15, 0.2) is 0 Å². The Morgan fingerprint density at radius 3 is 2.39 bits per heavy atom. The van der Waals surface area contributed by atoms with Crippen LogP contribution < -0.4 is 5.32 Å².